The van der Waals surface area contributed by atoms with Crippen LogP contribution < -0.4 is 0 Å². The summed E-state index contributed by atoms with van der Waals surface area (Å²) in [6, 6.07) is 0. The molecule has 1 aliphatic heterocycles. The molecule has 0 aliphatic carbocycles. The Morgan fingerprint density at radius 1 is 0.800 bits per heavy atom. The van der Waals surface area contributed by atoms with Crippen molar-refractivity contribution in [2.24, 2.45) is 22.2 Å². The topological polar surface area (TPSA) is 3.24 Å². The molecule has 0 saturated carbocycles. The molecule has 25 heavy (non-hydrogen) atoms. The lowest BCUT2D eigenvalue weighted by molar-refractivity contribution is -0.0268. The van der Waals surface area contributed by atoms with E-state index in [-0.39, 0.29) is 7.43 Å². The SMILES string of the molecule is C.CC.CCC(C)(C)C(C)(C)C1CCN(C(C)(C)CC(C)(C)C)CC1. The van der Waals surface area contributed by atoms with Gasteiger partial charge in [-0.25, -0.2) is 0 Å². The van der Waals surface area contributed by atoms with E-state index in [1.54, 1.807) is 0 Å². The van der Waals surface area contributed by atoms with Crippen LogP contribution >= 0.6 is 0 Å². The van der Waals surface area contributed by atoms with Gasteiger partial charge in [-0.15, -0.1) is 0 Å². The van der Waals surface area contributed by atoms with Crippen molar-refractivity contribution in [1.82, 2.24) is 4.90 Å². The molecule has 0 spiro atoms. The average molecular weight is 356 g/mol. The van der Waals surface area contributed by atoms with Gasteiger partial charge >= 0.3 is 0 Å². The molecule has 1 saturated heterocycles. The maximum absolute atomic E-state index is 2.75. The zero-order chi connectivity index (χ0) is 19.4. The van der Waals surface area contributed by atoms with Crippen molar-refractivity contribution in [2.75, 3.05) is 13.1 Å². The summed E-state index contributed by atoms with van der Waals surface area (Å²) in [7, 11) is 0. The van der Waals surface area contributed by atoms with Gasteiger partial charge in [-0.3, -0.25) is 4.90 Å². The molecule has 0 aromatic carbocycles. The third-order valence-corrected chi connectivity index (χ3v) is 6.96. The van der Waals surface area contributed by atoms with Crippen LogP contribution in [0.1, 0.15) is 116 Å². The van der Waals surface area contributed by atoms with E-state index in [4.69, 9.17) is 0 Å². The maximum atomic E-state index is 2.75. The largest absolute Gasteiger partial charge is 0.298 e. The second-order valence-corrected chi connectivity index (χ2v) is 10.8. The standard InChI is InChI=1S/C21H43N.C2H6.CH4/c1-11-19(5,6)21(9,10)17-12-14-22(15-13-17)20(7,8)16-18(2,3)4;1-2;/h17H,11-16H2,1-10H3;1-2H3;1H4. The molecule has 1 rings (SSSR count). The van der Waals surface area contributed by atoms with Gasteiger partial charge in [0, 0.05) is 5.54 Å². The van der Waals surface area contributed by atoms with Gasteiger partial charge < -0.3 is 0 Å². The summed E-state index contributed by atoms with van der Waals surface area (Å²) >= 11 is 0. The second kappa shape index (κ2) is 9.77. The molecule has 0 atom stereocenters. The molecule has 0 bridgehead atoms. The van der Waals surface area contributed by atoms with Crippen LogP contribution in [0.3, 0.4) is 0 Å². The lowest BCUT2D eigenvalue weighted by Crippen LogP contribution is -2.52. The third-order valence-electron chi connectivity index (χ3n) is 6.96. The van der Waals surface area contributed by atoms with E-state index in [0.29, 0.717) is 21.8 Å². The average Bonchev–Trinajstić information content (AvgIpc) is 2.47. The van der Waals surface area contributed by atoms with E-state index in [9.17, 15) is 0 Å². The van der Waals surface area contributed by atoms with Crippen molar-refractivity contribution in [3.05, 3.63) is 0 Å². The minimum Gasteiger partial charge on any atom is -0.298 e. The Balaban J connectivity index is 0. The Morgan fingerprint density at radius 2 is 1.20 bits per heavy atom. The van der Waals surface area contributed by atoms with Gasteiger partial charge in [-0.05, 0) is 68.4 Å². The van der Waals surface area contributed by atoms with Crippen molar-refractivity contribution in [2.45, 2.75) is 122 Å². The number of nitrogens with zero attached hydrogens (tertiary/aromatic N) is 1. The number of hydrogen-bond acceptors (Lipinski definition) is 1. The number of hydrogen-bond donors (Lipinski definition) is 0. The highest BCUT2D eigenvalue weighted by Gasteiger charge is 2.44. The molecule has 0 unspecified atom stereocenters. The Hall–Kier alpha value is -0.0400. The fourth-order valence-corrected chi connectivity index (χ4v) is 4.62. The monoisotopic (exact) mass is 355 g/mol. The van der Waals surface area contributed by atoms with Gasteiger partial charge in [0.15, 0.2) is 0 Å². The first-order chi connectivity index (χ1) is 10.7. The summed E-state index contributed by atoms with van der Waals surface area (Å²) in [6.07, 6.45) is 5.28. The van der Waals surface area contributed by atoms with Crippen molar-refractivity contribution < 1.29 is 0 Å². The quantitative estimate of drug-likeness (QED) is 0.482. The Morgan fingerprint density at radius 3 is 1.52 bits per heavy atom. The molecule has 0 amide bonds. The molecule has 1 aliphatic rings. The van der Waals surface area contributed by atoms with Crippen LogP contribution in [-0.4, -0.2) is 23.5 Å². The molecular formula is C24H53N. The summed E-state index contributed by atoms with van der Waals surface area (Å²) in [5, 5.41) is 0. The highest BCUT2D eigenvalue weighted by atomic mass is 15.2. The van der Waals surface area contributed by atoms with E-state index in [0.717, 1.165) is 5.92 Å². The van der Waals surface area contributed by atoms with Crippen molar-refractivity contribution in [3.63, 3.8) is 0 Å². The van der Waals surface area contributed by atoms with Crippen LogP contribution in [0.25, 0.3) is 0 Å². The second-order valence-electron chi connectivity index (χ2n) is 10.8. The van der Waals surface area contributed by atoms with Gasteiger partial charge in [-0.2, -0.15) is 0 Å². The Labute approximate surface area is 162 Å². The number of rotatable bonds is 5. The van der Waals surface area contributed by atoms with Crippen LogP contribution in [0.4, 0.5) is 0 Å². The maximum Gasteiger partial charge on any atom is 0.0158 e. The molecule has 0 aromatic heterocycles. The van der Waals surface area contributed by atoms with Crippen molar-refractivity contribution >= 4 is 0 Å². The van der Waals surface area contributed by atoms with Gasteiger partial charge in [0.1, 0.15) is 0 Å². The van der Waals surface area contributed by atoms with Crippen molar-refractivity contribution in [3.8, 4) is 0 Å². The highest BCUT2D eigenvalue weighted by molar-refractivity contribution is 4.95. The number of piperidine rings is 1. The van der Waals surface area contributed by atoms with E-state index in [2.05, 4.69) is 74.1 Å². The molecule has 0 radical (unpaired) electrons. The zero-order valence-electron chi connectivity index (χ0n) is 19.3. The van der Waals surface area contributed by atoms with E-state index < -0.39 is 0 Å². The van der Waals surface area contributed by atoms with Crippen LogP contribution in [-0.2, 0) is 0 Å². The summed E-state index contributed by atoms with van der Waals surface area (Å²) in [5.74, 6) is 0.865. The van der Waals surface area contributed by atoms with Crippen LogP contribution in [0.5, 0.6) is 0 Å². The summed E-state index contributed by atoms with van der Waals surface area (Å²) < 4.78 is 0. The molecule has 1 fully saturated rings. The van der Waals surface area contributed by atoms with Gasteiger partial charge in [0.25, 0.3) is 0 Å². The first kappa shape index (κ1) is 27.2. The lowest BCUT2D eigenvalue weighted by Gasteiger charge is -2.52. The molecule has 0 N–H and O–H groups in total. The van der Waals surface area contributed by atoms with E-state index in [1.807, 2.05) is 13.8 Å². The smallest absolute Gasteiger partial charge is 0.0158 e. The highest BCUT2D eigenvalue weighted by Crippen LogP contribution is 2.50. The molecule has 1 heterocycles. The van der Waals surface area contributed by atoms with Crippen LogP contribution in [0.2, 0.25) is 0 Å². The van der Waals surface area contributed by atoms with Crippen molar-refractivity contribution in [1.29, 1.82) is 0 Å². The first-order valence-electron chi connectivity index (χ1n) is 10.5. The molecule has 154 valence electrons. The minimum absolute atomic E-state index is 0. The summed E-state index contributed by atoms with van der Waals surface area (Å²) in [6.45, 7) is 30.8. The summed E-state index contributed by atoms with van der Waals surface area (Å²) in [4.78, 5) is 2.75. The minimum atomic E-state index is 0. The Kier molecular flexibility index (Phi) is 10.6. The van der Waals surface area contributed by atoms with Gasteiger partial charge in [0.05, 0.1) is 0 Å². The van der Waals surface area contributed by atoms with E-state index in [1.165, 1.54) is 38.8 Å². The van der Waals surface area contributed by atoms with Gasteiger partial charge in [-0.1, -0.05) is 83.1 Å². The molecule has 0 aromatic rings. The van der Waals surface area contributed by atoms with Crippen LogP contribution in [0, 0.1) is 22.2 Å². The molecule has 1 heteroatoms. The predicted molar refractivity (Wildman–Crippen MR) is 118 cm³/mol. The van der Waals surface area contributed by atoms with Gasteiger partial charge in [0.2, 0.25) is 0 Å². The first-order valence-corrected chi connectivity index (χ1v) is 10.5. The molecular weight excluding hydrogens is 302 g/mol. The molecule has 1 nitrogen and oxygen atoms in total. The normalized spacial score (nSPS) is 18.2. The van der Waals surface area contributed by atoms with E-state index >= 15 is 0 Å². The van der Waals surface area contributed by atoms with Crippen LogP contribution in [0.15, 0.2) is 0 Å². The number of likely N-dealkylation sites (tertiary alicyclic amines) is 1. The predicted octanol–water partition coefficient (Wildman–Crippen LogP) is 8.04. The lowest BCUT2D eigenvalue weighted by atomic mass is 9.58. The zero-order valence-corrected chi connectivity index (χ0v) is 19.3. The summed E-state index contributed by atoms with van der Waals surface area (Å²) in [5.41, 5.74) is 1.60. The fourth-order valence-electron chi connectivity index (χ4n) is 4.62. The third kappa shape index (κ3) is 7.24. The Bertz CT molecular complexity index is 349. The fraction of sp³-hybridized carbons (Fsp3) is 1.00.